The fourth-order valence-corrected chi connectivity index (χ4v) is 2.78. The van der Waals surface area contributed by atoms with Gasteiger partial charge in [-0.25, -0.2) is 4.98 Å². The fourth-order valence-electron chi connectivity index (χ4n) is 2.08. The minimum absolute atomic E-state index is 0.0681. The maximum absolute atomic E-state index is 12.0. The Hall–Kier alpha value is -2.73. The third kappa shape index (κ3) is 4.89. The van der Waals surface area contributed by atoms with Crippen molar-refractivity contribution in [2.24, 2.45) is 0 Å². The summed E-state index contributed by atoms with van der Waals surface area (Å²) in [5.41, 5.74) is 1.59. The van der Waals surface area contributed by atoms with Crippen molar-refractivity contribution in [3.05, 3.63) is 76.5 Å². The molecule has 0 spiro atoms. The van der Waals surface area contributed by atoms with Gasteiger partial charge < -0.3 is 10.1 Å². The van der Waals surface area contributed by atoms with Crippen molar-refractivity contribution in [3.63, 3.8) is 0 Å². The lowest BCUT2D eigenvalue weighted by atomic mass is 10.3. The number of pyridine rings is 1. The summed E-state index contributed by atoms with van der Waals surface area (Å²) in [5.74, 6) is 0.740. The molecule has 1 aromatic carbocycles. The van der Waals surface area contributed by atoms with E-state index in [4.69, 9.17) is 4.74 Å². The predicted octanol–water partition coefficient (Wildman–Crippen LogP) is 2.98. The summed E-state index contributed by atoms with van der Waals surface area (Å²) in [6.45, 7) is 0.831. The van der Waals surface area contributed by atoms with E-state index in [2.05, 4.69) is 15.3 Å². The molecule has 3 aromatic rings. The van der Waals surface area contributed by atoms with Gasteiger partial charge in [-0.2, -0.15) is 0 Å². The number of rotatable bonds is 7. The third-order valence-electron chi connectivity index (χ3n) is 3.24. The molecule has 0 fully saturated rings. The Balaban J connectivity index is 1.46. The van der Waals surface area contributed by atoms with Gasteiger partial charge in [0.15, 0.2) is 0 Å². The molecule has 0 atom stereocenters. The third-order valence-corrected chi connectivity index (χ3v) is 4.11. The van der Waals surface area contributed by atoms with E-state index in [1.165, 1.54) is 11.3 Å². The first-order valence-corrected chi connectivity index (χ1v) is 8.45. The van der Waals surface area contributed by atoms with Crippen molar-refractivity contribution in [3.8, 4) is 5.75 Å². The van der Waals surface area contributed by atoms with E-state index in [9.17, 15) is 4.79 Å². The van der Waals surface area contributed by atoms with E-state index >= 15 is 0 Å². The second-order valence-corrected chi connectivity index (χ2v) is 6.05. The minimum Gasteiger partial charge on any atom is -0.486 e. The number of ether oxygens (including phenoxy) is 1. The Bertz CT molecular complexity index is 775. The summed E-state index contributed by atoms with van der Waals surface area (Å²) in [6, 6.07) is 15.2. The van der Waals surface area contributed by atoms with Gasteiger partial charge in [-0.05, 0) is 24.3 Å². The highest BCUT2D eigenvalue weighted by atomic mass is 32.1. The molecule has 5 nitrogen and oxygen atoms in total. The monoisotopic (exact) mass is 339 g/mol. The van der Waals surface area contributed by atoms with E-state index < -0.39 is 0 Å². The molecule has 24 heavy (non-hydrogen) atoms. The SMILES string of the molecule is O=C(Cc1csc(COc2ccccc2)n1)NCc1ccccn1. The van der Waals surface area contributed by atoms with Crippen LogP contribution in [0.1, 0.15) is 16.4 Å². The van der Waals surface area contributed by atoms with Crippen LogP contribution in [-0.4, -0.2) is 15.9 Å². The molecule has 0 unspecified atom stereocenters. The topological polar surface area (TPSA) is 64.1 Å². The maximum atomic E-state index is 12.0. The van der Waals surface area contributed by atoms with Crippen LogP contribution in [0.5, 0.6) is 5.75 Å². The number of aromatic nitrogens is 2. The number of para-hydroxylation sites is 1. The average Bonchev–Trinajstić information content (AvgIpc) is 3.07. The lowest BCUT2D eigenvalue weighted by Gasteiger charge is -2.03. The molecule has 0 saturated heterocycles. The van der Waals surface area contributed by atoms with Crippen molar-refractivity contribution < 1.29 is 9.53 Å². The molecule has 1 amide bonds. The van der Waals surface area contributed by atoms with Gasteiger partial charge in [-0.3, -0.25) is 9.78 Å². The first kappa shape index (κ1) is 16.1. The Morgan fingerprint density at radius 2 is 1.92 bits per heavy atom. The molecule has 1 N–H and O–H groups in total. The van der Waals surface area contributed by atoms with E-state index in [1.807, 2.05) is 53.9 Å². The average molecular weight is 339 g/mol. The van der Waals surface area contributed by atoms with Gasteiger partial charge in [-0.1, -0.05) is 24.3 Å². The second kappa shape index (κ2) is 8.21. The van der Waals surface area contributed by atoms with Crippen molar-refractivity contribution in [2.45, 2.75) is 19.6 Å². The molecule has 2 aromatic heterocycles. The largest absolute Gasteiger partial charge is 0.486 e. The Morgan fingerprint density at radius 3 is 2.71 bits per heavy atom. The van der Waals surface area contributed by atoms with E-state index in [1.54, 1.807) is 6.20 Å². The van der Waals surface area contributed by atoms with Crippen molar-refractivity contribution >= 4 is 17.2 Å². The molecule has 6 heteroatoms. The van der Waals surface area contributed by atoms with Gasteiger partial charge in [0.25, 0.3) is 0 Å². The highest BCUT2D eigenvalue weighted by Gasteiger charge is 2.08. The quantitative estimate of drug-likeness (QED) is 0.719. The van der Waals surface area contributed by atoms with E-state index in [-0.39, 0.29) is 12.3 Å². The molecule has 2 heterocycles. The number of nitrogens with zero attached hydrogens (tertiary/aromatic N) is 2. The lowest BCUT2D eigenvalue weighted by molar-refractivity contribution is -0.120. The molecular weight excluding hydrogens is 322 g/mol. The van der Waals surface area contributed by atoms with Crippen LogP contribution in [0.25, 0.3) is 0 Å². The van der Waals surface area contributed by atoms with Crippen LogP contribution >= 0.6 is 11.3 Å². The van der Waals surface area contributed by atoms with Gasteiger partial charge in [-0.15, -0.1) is 11.3 Å². The number of carbonyl (C=O) groups is 1. The van der Waals surface area contributed by atoms with Gasteiger partial charge in [0.05, 0.1) is 24.4 Å². The zero-order valence-corrected chi connectivity index (χ0v) is 13.8. The molecule has 0 aliphatic rings. The highest BCUT2D eigenvalue weighted by Crippen LogP contribution is 2.15. The Labute approximate surface area is 144 Å². The van der Waals surface area contributed by atoms with Crippen LogP contribution in [0.3, 0.4) is 0 Å². The van der Waals surface area contributed by atoms with Crippen molar-refractivity contribution in [2.75, 3.05) is 0 Å². The number of thiazole rings is 1. The highest BCUT2D eigenvalue weighted by molar-refractivity contribution is 7.09. The van der Waals surface area contributed by atoms with Gasteiger partial charge in [0.2, 0.25) is 5.91 Å². The predicted molar refractivity (Wildman–Crippen MR) is 92.7 cm³/mol. The van der Waals surface area contributed by atoms with Crippen LogP contribution in [0.2, 0.25) is 0 Å². The molecule has 0 saturated carbocycles. The first-order valence-electron chi connectivity index (χ1n) is 7.57. The van der Waals surface area contributed by atoms with Gasteiger partial charge in [0, 0.05) is 11.6 Å². The summed E-state index contributed by atoms with van der Waals surface area (Å²) in [6.07, 6.45) is 1.97. The van der Waals surface area contributed by atoms with Crippen LogP contribution in [0.4, 0.5) is 0 Å². The van der Waals surface area contributed by atoms with Crippen LogP contribution < -0.4 is 10.1 Å². The van der Waals surface area contributed by atoms with Crippen LogP contribution in [0.15, 0.2) is 60.1 Å². The van der Waals surface area contributed by atoms with Crippen LogP contribution in [-0.2, 0) is 24.4 Å². The Kier molecular flexibility index (Phi) is 5.52. The molecule has 0 bridgehead atoms. The number of benzene rings is 1. The molecule has 122 valence electrons. The van der Waals surface area contributed by atoms with Gasteiger partial charge >= 0.3 is 0 Å². The number of hydrogen-bond donors (Lipinski definition) is 1. The zero-order chi connectivity index (χ0) is 16.6. The normalized spacial score (nSPS) is 10.3. The zero-order valence-electron chi connectivity index (χ0n) is 13.0. The second-order valence-electron chi connectivity index (χ2n) is 5.11. The minimum atomic E-state index is -0.0681. The molecule has 3 rings (SSSR count). The number of amides is 1. The summed E-state index contributed by atoms with van der Waals surface area (Å²) in [5, 5.41) is 5.59. The molecule has 0 aliphatic heterocycles. The number of nitrogens with one attached hydrogen (secondary N) is 1. The van der Waals surface area contributed by atoms with Crippen molar-refractivity contribution in [1.82, 2.24) is 15.3 Å². The van der Waals surface area contributed by atoms with E-state index in [0.717, 1.165) is 22.1 Å². The molecule has 0 radical (unpaired) electrons. The first-order chi connectivity index (χ1) is 11.8. The summed E-state index contributed by atoms with van der Waals surface area (Å²) >= 11 is 1.50. The summed E-state index contributed by atoms with van der Waals surface area (Å²) < 4.78 is 5.65. The van der Waals surface area contributed by atoms with E-state index in [0.29, 0.717) is 13.2 Å². The summed E-state index contributed by atoms with van der Waals surface area (Å²) in [7, 11) is 0. The maximum Gasteiger partial charge on any atom is 0.226 e. The lowest BCUT2D eigenvalue weighted by Crippen LogP contribution is -2.25. The fraction of sp³-hybridized carbons (Fsp3) is 0.167. The standard InChI is InChI=1S/C18H17N3O2S/c22-17(20-11-14-6-4-5-9-19-14)10-15-13-24-18(21-15)12-23-16-7-2-1-3-8-16/h1-9,13H,10-12H2,(H,20,22). The summed E-state index contributed by atoms with van der Waals surface area (Å²) in [4.78, 5) is 20.6. The van der Waals surface area contributed by atoms with Crippen molar-refractivity contribution in [1.29, 1.82) is 0 Å². The number of carbonyl (C=O) groups excluding carboxylic acids is 1. The number of hydrogen-bond acceptors (Lipinski definition) is 5. The molecule has 0 aliphatic carbocycles. The van der Waals surface area contributed by atoms with Crippen LogP contribution in [0, 0.1) is 0 Å². The van der Waals surface area contributed by atoms with Gasteiger partial charge in [0.1, 0.15) is 17.4 Å². The molecular formula is C18H17N3O2S. The smallest absolute Gasteiger partial charge is 0.226 e. The Morgan fingerprint density at radius 1 is 1.08 bits per heavy atom.